The average Bonchev–Trinajstić information content (AvgIpc) is 2.32. The maximum atomic E-state index is 13.0. The van der Waals surface area contributed by atoms with Crippen LogP contribution in [0.15, 0.2) is 17.0 Å². The molecule has 114 valence electrons. The first kappa shape index (κ1) is 16.9. The number of rotatable bonds is 6. The molecule has 1 aromatic rings. The number of hydrogen-bond acceptors (Lipinski definition) is 3. The Labute approximate surface area is 115 Å². The summed E-state index contributed by atoms with van der Waals surface area (Å²) >= 11 is 0. The van der Waals surface area contributed by atoms with Crippen LogP contribution in [0, 0.1) is 23.4 Å². The molecule has 2 unspecified atom stereocenters. The standard InChI is InChI=1S/C12H16F3NO3S/c1-7(3-8(2)17)6-16-20(18,19)9-4-10(13)12(15)11(14)5-9/h4-5,7-8,16-17H,3,6H2,1-2H3. The van der Waals surface area contributed by atoms with E-state index in [4.69, 9.17) is 5.11 Å². The molecule has 2 N–H and O–H groups in total. The van der Waals surface area contributed by atoms with Gasteiger partial charge in [0.25, 0.3) is 0 Å². The van der Waals surface area contributed by atoms with Gasteiger partial charge >= 0.3 is 0 Å². The van der Waals surface area contributed by atoms with Crippen LogP contribution >= 0.6 is 0 Å². The molecule has 0 bridgehead atoms. The Morgan fingerprint density at radius 1 is 1.20 bits per heavy atom. The van der Waals surface area contributed by atoms with E-state index in [1.54, 1.807) is 13.8 Å². The lowest BCUT2D eigenvalue weighted by molar-refractivity contribution is 0.165. The highest BCUT2D eigenvalue weighted by molar-refractivity contribution is 7.89. The molecular weight excluding hydrogens is 295 g/mol. The van der Waals surface area contributed by atoms with E-state index in [1.807, 2.05) is 0 Å². The molecule has 0 saturated carbocycles. The second-order valence-electron chi connectivity index (χ2n) is 4.74. The van der Waals surface area contributed by atoms with E-state index in [0.29, 0.717) is 18.6 Å². The van der Waals surface area contributed by atoms with Crippen molar-refractivity contribution in [1.82, 2.24) is 4.72 Å². The van der Waals surface area contributed by atoms with E-state index in [2.05, 4.69) is 4.72 Å². The number of sulfonamides is 1. The lowest BCUT2D eigenvalue weighted by Gasteiger charge is -2.14. The van der Waals surface area contributed by atoms with Crippen LogP contribution in [0.5, 0.6) is 0 Å². The van der Waals surface area contributed by atoms with Crippen molar-refractivity contribution in [1.29, 1.82) is 0 Å². The minimum absolute atomic E-state index is 0.00610. The predicted octanol–water partition coefficient (Wildman–Crippen LogP) is 1.79. The van der Waals surface area contributed by atoms with Gasteiger partial charge in [0.05, 0.1) is 11.0 Å². The molecule has 0 aliphatic heterocycles. The van der Waals surface area contributed by atoms with Crippen molar-refractivity contribution in [3.8, 4) is 0 Å². The first-order valence-electron chi connectivity index (χ1n) is 5.95. The van der Waals surface area contributed by atoms with Gasteiger partial charge in [-0.3, -0.25) is 0 Å². The summed E-state index contributed by atoms with van der Waals surface area (Å²) in [6.45, 7) is 3.27. The smallest absolute Gasteiger partial charge is 0.240 e. The van der Waals surface area contributed by atoms with Gasteiger partial charge in [0.15, 0.2) is 17.5 Å². The third-order valence-corrected chi connectivity index (χ3v) is 4.04. The fourth-order valence-corrected chi connectivity index (χ4v) is 2.88. The van der Waals surface area contributed by atoms with Gasteiger partial charge < -0.3 is 5.11 Å². The van der Waals surface area contributed by atoms with E-state index in [0.717, 1.165) is 0 Å². The molecule has 0 fully saturated rings. The molecule has 0 aliphatic rings. The van der Waals surface area contributed by atoms with E-state index in [1.165, 1.54) is 0 Å². The Bertz CT molecular complexity index is 552. The normalized spacial score (nSPS) is 15.1. The first-order chi connectivity index (χ1) is 9.13. The third kappa shape index (κ3) is 4.46. The number of nitrogens with one attached hydrogen (secondary N) is 1. The molecule has 0 amide bonds. The van der Waals surface area contributed by atoms with Crippen molar-refractivity contribution in [2.24, 2.45) is 5.92 Å². The van der Waals surface area contributed by atoms with Crippen LogP contribution in [0.3, 0.4) is 0 Å². The highest BCUT2D eigenvalue weighted by atomic mass is 32.2. The van der Waals surface area contributed by atoms with Crippen LogP contribution in [-0.4, -0.2) is 26.2 Å². The molecule has 8 heteroatoms. The molecule has 1 rings (SSSR count). The Kier molecular flexibility index (Phi) is 5.55. The second-order valence-corrected chi connectivity index (χ2v) is 6.51. The summed E-state index contributed by atoms with van der Waals surface area (Å²) in [5.41, 5.74) is 0. The van der Waals surface area contributed by atoms with Crippen LogP contribution in [0.25, 0.3) is 0 Å². The predicted molar refractivity (Wildman–Crippen MR) is 67.0 cm³/mol. The molecule has 0 heterocycles. The summed E-state index contributed by atoms with van der Waals surface area (Å²) in [6.07, 6.45) is -0.218. The summed E-state index contributed by atoms with van der Waals surface area (Å²) in [4.78, 5) is -0.682. The van der Waals surface area contributed by atoms with Crippen molar-refractivity contribution in [2.45, 2.75) is 31.3 Å². The molecule has 0 spiro atoms. The quantitative estimate of drug-likeness (QED) is 0.787. The summed E-state index contributed by atoms with van der Waals surface area (Å²) in [7, 11) is -4.13. The van der Waals surface area contributed by atoms with Gasteiger partial charge in [-0.25, -0.2) is 26.3 Å². The zero-order valence-electron chi connectivity index (χ0n) is 11.0. The molecule has 0 aliphatic carbocycles. The van der Waals surface area contributed by atoms with Gasteiger partial charge in [-0.2, -0.15) is 0 Å². The van der Waals surface area contributed by atoms with Gasteiger partial charge in [-0.05, 0) is 31.4 Å². The summed E-state index contributed by atoms with van der Waals surface area (Å²) in [5, 5.41) is 9.15. The second kappa shape index (κ2) is 6.55. The molecule has 0 aromatic heterocycles. The van der Waals surface area contributed by atoms with E-state index in [9.17, 15) is 21.6 Å². The number of aliphatic hydroxyl groups excluding tert-OH is 1. The largest absolute Gasteiger partial charge is 0.393 e. The highest BCUT2D eigenvalue weighted by Crippen LogP contribution is 2.17. The topological polar surface area (TPSA) is 66.4 Å². The van der Waals surface area contributed by atoms with Crippen molar-refractivity contribution < 1.29 is 26.7 Å². The van der Waals surface area contributed by atoms with Gasteiger partial charge in [-0.1, -0.05) is 6.92 Å². The molecule has 0 saturated heterocycles. The van der Waals surface area contributed by atoms with E-state index < -0.39 is 38.5 Å². The zero-order valence-corrected chi connectivity index (χ0v) is 11.8. The molecule has 20 heavy (non-hydrogen) atoms. The van der Waals surface area contributed by atoms with Crippen molar-refractivity contribution in [3.05, 3.63) is 29.6 Å². The minimum atomic E-state index is -4.13. The van der Waals surface area contributed by atoms with Crippen molar-refractivity contribution in [2.75, 3.05) is 6.54 Å². The van der Waals surface area contributed by atoms with Crippen LogP contribution < -0.4 is 4.72 Å². The molecule has 2 atom stereocenters. The van der Waals surface area contributed by atoms with Gasteiger partial charge in [0, 0.05) is 6.54 Å². The summed E-state index contributed by atoms with van der Waals surface area (Å²) in [5.74, 6) is -5.02. The molecule has 4 nitrogen and oxygen atoms in total. The van der Waals surface area contributed by atoms with E-state index in [-0.39, 0.29) is 12.5 Å². The number of aliphatic hydroxyl groups is 1. The maximum Gasteiger partial charge on any atom is 0.240 e. The fraction of sp³-hybridized carbons (Fsp3) is 0.500. The Morgan fingerprint density at radius 2 is 1.70 bits per heavy atom. The monoisotopic (exact) mass is 311 g/mol. The number of hydrogen-bond donors (Lipinski definition) is 2. The van der Waals surface area contributed by atoms with Crippen LogP contribution in [0.2, 0.25) is 0 Å². The van der Waals surface area contributed by atoms with Crippen LogP contribution in [0.4, 0.5) is 13.2 Å². The fourth-order valence-electron chi connectivity index (χ4n) is 1.69. The van der Waals surface area contributed by atoms with Crippen LogP contribution in [0.1, 0.15) is 20.3 Å². The van der Waals surface area contributed by atoms with Gasteiger partial charge in [0.1, 0.15) is 0 Å². The minimum Gasteiger partial charge on any atom is -0.393 e. The average molecular weight is 311 g/mol. The molecular formula is C12H16F3NO3S. The van der Waals surface area contributed by atoms with E-state index >= 15 is 0 Å². The number of benzene rings is 1. The van der Waals surface area contributed by atoms with Crippen molar-refractivity contribution in [3.63, 3.8) is 0 Å². The van der Waals surface area contributed by atoms with Gasteiger partial charge in [0.2, 0.25) is 10.0 Å². The number of halogens is 3. The Morgan fingerprint density at radius 3 is 2.15 bits per heavy atom. The Hall–Kier alpha value is -1.12. The highest BCUT2D eigenvalue weighted by Gasteiger charge is 2.20. The first-order valence-corrected chi connectivity index (χ1v) is 7.44. The molecule has 1 aromatic carbocycles. The maximum absolute atomic E-state index is 13.0. The van der Waals surface area contributed by atoms with Crippen LogP contribution in [-0.2, 0) is 10.0 Å². The summed E-state index contributed by atoms with van der Waals surface area (Å²) in [6, 6.07) is 0.833. The van der Waals surface area contributed by atoms with Crippen molar-refractivity contribution >= 4 is 10.0 Å². The molecule has 0 radical (unpaired) electrons. The SMILES string of the molecule is CC(O)CC(C)CNS(=O)(=O)c1cc(F)c(F)c(F)c1. The third-order valence-electron chi connectivity index (χ3n) is 2.63. The Balaban J connectivity index is 2.84. The zero-order chi connectivity index (χ0) is 15.5. The lowest BCUT2D eigenvalue weighted by atomic mass is 10.1. The lowest BCUT2D eigenvalue weighted by Crippen LogP contribution is -2.29. The summed E-state index contributed by atoms with van der Waals surface area (Å²) < 4.78 is 64.5. The van der Waals surface area contributed by atoms with Gasteiger partial charge in [-0.15, -0.1) is 0 Å².